The summed E-state index contributed by atoms with van der Waals surface area (Å²) < 4.78 is 7.45. The summed E-state index contributed by atoms with van der Waals surface area (Å²) in [5, 5.41) is 4.04. The van der Waals surface area contributed by atoms with Gasteiger partial charge < -0.3 is 10.1 Å². The molecule has 0 radical (unpaired) electrons. The van der Waals surface area contributed by atoms with Gasteiger partial charge in [-0.15, -0.1) is 11.3 Å². The second-order valence-corrected chi connectivity index (χ2v) is 8.13. The van der Waals surface area contributed by atoms with Crippen LogP contribution in [0, 0.1) is 20.8 Å². The van der Waals surface area contributed by atoms with Gasteiger partial charge in [0.1, 0.15) is 4.83 Å². The van der Waals surface area contributed by atoms with Gasteiger partial charge in [0, 0.05) is 23.5 Å². The summed E-state index contributed by atoms with van der Waals surface area (Å²) in [4.78, 5) is 19.8. The van der Waals surface area contributed by atoms with Crippen molar-refractivity contribution in [2.45, 2.75) is 33.4 Å². The van der Waals surface area contributed by atoms with E-state index >= 15 is 0 Å². The molecular weight excluding hydrogens is 346 g/mol. The van der Waals surface area contributed by atoms with Crippen molar-refractivity contribution in [3.8, 4) is 11.1 Å². The predicted octanol–water partition coefficient (Wildman–Crippen LogP) is 3.04. The van der Waals surface area contributed by atoms with Crippen LogP contribution in [0.3, 0.4) is 0 Å². The first-order chi connectivity index (χ1) is 12.5. The molecule has 1 N–H and O–H groups in total. The van der Waals surface area contributed by atoms with E-state index in [1.54, 1.807) is 22.2 Å². The van der Waals surface area contributed by atoms with Crippen LogP contribution in [-0.4, -0.2) is 35.4 Å². The maximum absolute atomic E-state index is 13.3. The summed E-state index contributed by atoms with van der Waals surface area (Å²) in [6.07, 6.45) is 1.66. The molecule has 0 spiro atoms. The Hall–Kier alpha value is -2.02. The van der Waals surface area contributed by atoms with Gasteiger partial charge in [0.25, 0.3) is 5.56 Å². The van der Waals surface area contributed by atoms with Crippen molar-refractivity contribution in [1.82, 2.24) is 14.9 Å². The highest BCUT2D eigenvalue weighted by molar-refractivity contribution is 7.19. The zero-order valence-corrected chi connectivity index (χ0v) is 16.2. The molecule has 6 heteroatoms. The van der Waals surface area contributed by atoms with E-state index in [1.165, 1.54) is 11.1 Å². The van der Waals surface area contributed by atoms with Crippen molar-refractivity contribution in [1.29, 1.82) is 0 Å². The maximum Gasteiger partial charge on any atom is 0.262 e. The second kappa shape index (κ2) is 6.95. The Labute approximate surface area is 156 Å². The van der Waals surface area contributed by atoms with Gasteiger partial charge in [-0.05, 0) is 31.9 Å². The number of aromatic nitrogens is 2. The SMILES string of the molecule is Cc1ccc(C)c(-c2c(C)sc3ncn(C[C@H]4CNCCO4)c(=O)c23)c1. The van der Waals surface area contributed by atoms with Gasteiger partial charge in [0.05, 0.1) is 31.0 Å². The van der Waals surface area contributed by atoms with Crippen LogP contribution >= 0.6 is 11.3 Å². The second-order valence-electron chi connectivity index (χ2n) is 6.93. The van der Waals surface area contributed by atoms with Crippen molar-refractivity contribution in [2.75, 3.05) is 19.7 Å². The Bertz CT molecular complexity index is 1020. The van der Waals surface area contributed by atoms with Gasteiger partial charge in [-0.25, -0.2) is 4.98 Å². The first-order valence-electron chi connectivity index (χ1n) is 8.93. The van der Waals surface area contributed by atoms with E-state index in [9.17, 15) is 4.79 Å². The molecule has 2 aromatic heterocycles. The van der Waals surface area contributed by atoms with Gasteiger partial charge >= 0.3 is 0 Å². The lowest BCUT2D eigenvalue weighted by Crippen LogP contribution is -2.42. The number of benzene rings is 1. The number of aryl methyl sites for hydroxylation is 3. The molecular formula is C20H23N3O2S. The van der Waals surface area contributed by atoms with Crippen molar-refractivity contribution < 1.29 is 4.74 Å². The molecule has 0 amide bonds. The third-order valence-corrected chi connectivity index (χ3v) is 5.94. The fourth-order valence-corrected chi connectivity index (χ4v) is 4.55. The molecule has 0 bridgehead atoms. The monoisotopic (exact) mass is 369 g/mol. The topological polar surface area (TPSA) is 56.1 Å². The minimum Gasteiger partial charge on any atom is -0.374 e. The minimum atomic E-state index is 0.00425. The molecule has 0 unspecified atom stereocenters. The fraction of sp³-hybridized carbons (Fsp3) is 0.400. The number of rotatable bonds is 3. The molecule has 3 heterocycles. The molecule has 0 saturated carbocycles. The minimum absolute atomic E-state index is 0.00425. The highest BCUT2D eigenvalue weighted by Gasteiger charge is 2.20. The maximum atomic E-state index is 13.3. The van der Waals surface area contributed by atoms with Crippen molar-refractivity contribution in [3.05, 3.63) is 50.9 Å². The van der Waals surface area contributed by atoms with Gasteiger partial charge in [0.15, 0.2) is 0 Å². The van der Waals surface area contributed by atoms with Gasteiger partial charge in [-0.2, -0.15) is 0 Å². The van der Waals surface area contributed by atoms with Crippen molar-refractivity contribution in [2.24, 2.45) is 0 Å². The average Bonchev–Trinajstić information content (AvgIpc) is 2.97. The summed E-state index contributed by atoms with van der Waals surface area (Å²) in [5.74, 6) is 0. The lowest BCUT2D eigenvalue weighted by atomic mass is 9.97. The lowest BCUT2D eigenvalue weighted by Gasteiger charge is -2.24. The third kappa shape index (κ3) is 3.09. The van der Waals surface area contributed by atoms with Crippen LogP contribution in [0.4, 0.5) is 0 Å². The molecule has 136 valence electrons. The van der Waals surface area contributed by atoms with E-state index in [0.29, 0.717) is 13.2 Å². The lowest BCUT2D eigenvalue weighted by molar-refractivity contribution is 0.0175. The molecule has 4 rings (SSSR count). The largest absolute Gasteiger partial charge is 0.374 e. The molecule has 26 heavy (non-hydrogen) atoms. The number of morpholine rings is 1. The number of ether oxygens (including phenoxy) is 1. The van der Waals surface area contributed by atoms with Crippen LogP contribution in [0.25, 0.3) is 21.3 Å². The van der Waals surface area contributed by atoms with E-state index in [-0.39, 0.29) is 11.7 Å². The Morgan fingerprint density at radius 1 is 1.35 bits per heavy atom. The number of nitrogens with zero attached hydrogens (tertiary/aromatic N) is 2. The zero-order valence-electron chi connectivity index (χ0n) is 15.3. The molecule has 1 atom stereocenters. The normalized spacial score (nSPS) is 17.7. The molecule has 1 fully saturated rings. The number of nitrogens with one attached hydrogen (secondary N) is 1. The molecule has 3 aromatic rings. The summed E-state index contributed by atoms with van der Waals surface area (Å²) in [5.41, 5.74) is 4.54. The summed E-state index contributed by atoms with van der Waals surface area (Å²) in [6, 6.07) is 6.38. The standard InChI is InChI=1S/C20H23N3O2S/c1-12-4-5-13(2)16(8-12)17-14(3)26-19-18(17)20(24)23(11-22-19)10-15-9-21-6-7-25-15/h4-5,8,11,15,21H,6-7,9-10H2,1-3H3/t15-/m1/s1. The first kappa shape index (κ1) is 17.4. The smallest absolute Gasteiger partial charge is 0.262 e. The van der Waals surface area contributed by atoms with Crippen LogP contribution in [0.1, 0.15) is 16.0 Å². The molecule has 1 aromatic carbocycles. The van der Waals surface area contributed by atoms with E-state index < -0.39 is 0 Å². The molecule has 5 nitrogen and oxygen atoms in total. The van der Waals surface area contributed by atoms with Crippen LogP contribution in [0.15, 0.2) is 29.3 Å². The van der Waals surface area contributed by atoms with Gasteiger partial charge in [-0.1, -0.05) is 23.8 Å². The summed E-state index contributed by atoms with van der Waals surface area (Å²) >= 11 is 1.59. The number of hydrogen-bond donors (Lipinski definition) is 1. The van der Waals surface area contributed by atoms with Gasteiger partial charge in [-0.3, -0.25) is 9.36 Å². The third-order valence-electron chi connectivity index (χ3n) is 4.92. The highest BCUT2D eigenvalue weighted by Crippen LogP contribution is 2.37. The number of fused-ring (bicyclic) bond motifs is 1. The average molecular weight is 369 g/mol. The van der Waals surface area contributed by atoms with Crippen LogP contribution in [0.2, 0.25) is 0 Å². The summed E-state index contributed by atoms with van der Waals surface area (Å²) in [6.45, 7) is 9.07. The van der Waals surface area contributed by atoms with Gasteiger partial charge in [0.2, 0.25) is 0 Å². The Morgan fingerprint density at radius 2 is 2.19 bits per heavy atom. The van der Waals surface area contributed by atoms with Crippen LogP contribution in [0.5, 0.6) is 0 Å². The quantitative estimate of drug-likeness (QED) is 0.771. The Morgan fingerprint density at radius 3 is 2.96 bits per heavy atom. The molecule has 1 aliphatic heterocycles. The number of thiophene rings is 1. The summed E-state index contributed by atoms with van der Waals surface area (Å²) in [7, 11) is 0. The number of hydrogen-bond acceptors (Lipinski definition) is 5. The van der Waals surface area contributed by atoms with E-state index in [0.717, 1.165) is 39.3 Å². The van der Waals surface area contributed by atoms with Crippen molar-refractivity contribution >= 4 is 21.6 Å². The first-order valence-corrected chi connectivity index (χ1v) is 9.74. The predicted molar refractivity (Wildman–Crippen MR) is 106 cm³/mol. The fourth-order valence-electron chi connectivity index (χ4n) is 3.55. The van der Waals surface area contributed by atoms with Crippen molar-refractivity contribution in [3.63, 3.8) is 0 Å². The van der Waals surface area contributed by atoms with E-state index in [4.69, 9.17) is 4.74 Å². The highest BCUT2D eigenvalue weighted by atomic mass is 32.1. The zero-order chi connectivity index (χ0) is 18.3. The van der Waals surface area contributed by atoms with E-state index in [1.807, 2.05) is 0 Å². The van der Waals surface area contributed by atoms with E-state index in [2.05, 4.69) is 49.3 Å². The van der Waals surface area contributed by atoms with Crippen LogP contribution in [-0.2, 0) is 11.3 Å². The Kier molecular flexibility index (Phi) is 4.65. The molecule has 1 aliphatic rings. The Balaban J connectivity index is 1.86. The molecule has 1 saturated heterocycles. The van der Waals surface area contributed by atoms with Crippen LogP contribution < -0.4 is 10.9 Å². The molecule has 0 aliphatic carbocycles.